The zero-order valence-corrected chi connectivity index (χ0v) is 9.04. The van der Waals surface area contributed by atoms with E-state index in [1.807, 2.05) is 6.92 Å². The highest BCUT2D eigenvalue weighted by Crippen LogP contribution is 2.16. The van der Waals surface area contributed by atoms with Crippen LogP contribution in [0.5, 0.6) is 0 Å². The summed E-state index contributed by atoms with van der Waals surface area (Å²) < 4.78 is 15.1. The molecule has 82 valence electrons. The minimum Gasteiger partial charge on any atom is -0.463 e. The summed E-state index contributed by atoms with van der Waals surface area (Å²) in [5, 5.41) is 0. The van der Waals surface area contributed by atoms with Gasteiger partial charge in [-0.3, -0.25) is 0 Å². The highest BCUT2D eigenvalue weighted by Gasteiger charge is 2.21. The second-order valence-electron chi connectivity index (χ2n) is 3.02. The fourth-order valence-electron chi connectivity index (χ4n) is 0.912. The lowest BCUT2D eigenvalue weighted by Gasteiger charge is -2.25. The van der Waals surface area contributed by atoms with E-state index in [1.54, 1.807) is 14.2 Å². The zero-order chi connectivity index (χ0) is 11.0. The van der Waals surface area contributed by atoms with Crippen LogP contribution in [-0.4, -0.2) is 32.6 Å². The molecule has 0 N–H and O–H groups in total. The van der Waals surface area contributed by atoms with Gasteiger partial charge in [0.1, 0.15) is 0 Å². The average molecular weight is 202 g/mol. The first-order valence-corrected chi connectivity index (χ1v) is 4.47. The number of rotatable bonds is 7. The first-order valence-electron chi connectivity index (χ1n) is 4.47. The number of ether oxygens (including phenoxy) is 3. The molecule has 0 aliphatic carbocycles. The van der Waals surface area contributed by atoms with Crippen LogP contribution in [0.2, 0.25) is 0 Å². The van der Waals surface area contributed by atoms with Gasteiger partial charge in [-0.15, -0.1) is 0 Å². The van der Waals surface area contributed by atoms with Crippen LogP contribution in [-0.2, 0) is 19.0 Å². The Morgan fingerprint density at radius 2 is 2.00 bits per heavy atom. The van der Waals surface area contributed by atoms with Crippen molar-refractivity contribution in [3.63, 3.8) is 0 Å². The Morgan fingerprint density at radius 3 is 2.43 bits per heavy atom. The predicted octanol–water partition coefficient (Wildman–Crippen LogP) is 1.50. The molecule has 4 heteroatoms. The number of hydrogen-bond donors (Lipinski definition) is 0. The van der Waals surface area contributed by atoms with E-state index in [9.17, 15) is 4.79 Å². The normalized spacial score (nSPS) is 11.1. The molecule has 4 nitrogen and oxygen atoms in total. The van der Waals surface area contributed by atoms with Gasteiger partial charge in [-0.1, -0.05) is 6.58 Å². The molecule has 0 rings (SSSR count). The molecule has 0 saturated carbocycles. The number of hydrogen-bond acceptors (Lipinski definition) is 4. The Kier molecular flexibility index (Phi) is 6.16. The maximum Gasteiger partial charge on any atom is 0.330 e. The van der Waals surface area contributed by atoms with Crippen LogP contribution in [0.4, 0.5) is 0 Å². The quantitative estimate of drug-likeness (QED) is 0.271. The molecule has 0 fully saturated rings. The van der Waals surface area contributed by atoms with Gasteiger partial charge in [0.25, 0.3) is 0 Å². The Balaban J connectivity index is 3.62. The maximum atomic E-state index is 10.7. The first kappa shape index (κ1) is 13.1. The van der Waals surface area contributed by atoms with Gasteiger partial charge in [0, 0.05) is 26.7 Å². The Labute approximate surface area is 84.8 Å². The highest BCUT2D eigenvalue weighted by atomic mass is 16.7. The van der Waals surface area contributed by atoms with Crippen LogP contribution in [0.1, 0.15) is 19.8 Å². The molecule has 0 bridgehead atoms. The highest BCUT2D eigenvalue weighted by molar-refractivity contribution is 5.81. The minimum absolute atomic E-state index is 0.354. The van der Waals surface area contributed by atoms with Gasteiger partial charge in [0.2, 0.25) is 0 Å². The van der Waals surface area contributed by atoms with E-state index < -0.39 is 11.8 Å². The molecule has 0 aromatic carbocycles. The SMILES string of the molecule is C=CC(=O)OCCCC(C)(OC)OC. The lowest BCUT2D eigenvalue weighted by molar-refractivity contribution is -0.199. The smallest absolute Gasteiger partial charge is 0.330 e. The van der Waals surface area contributed by atoms with Gasteiger partial charge in [-0.05, 0) is 13.3 Å². The van der Waals surface area contributed by atoms with Crippen molar-refractivity contribution in [1.82, 2.24) is 0 Å². The summed E-state index contributed by atoms with van der Waals surface area (Å²) >= 11 is 0. The van der Waals surface area contributed by atoms with Gasteiger partial charge in [-0.25, -0.2) is 4.79 Å². The molecule has 14 heavy (non-hydrogen) atoms. The van der Waals surface area contributed by atoms with Crippen molar-refractivity contribution >= 4 is 5.97 Å². The first-order chi connectivity index (χ1) is 6.58. The summed E-state index contributed by atoms with van der Waals surface area (Å²) in [6.07, 6.45) is 2.51. The summed E-state index contributed by atoms with van der Waals surface area (Å²) in [6.45, 7) is 5.49. The van der Waals surface area contributed by atoms with Crippen molar-refractivity contribution in [2.75, 3.05) is 20.8 Å². The van der Waals surface area contributed by atoms with Crippen LogP contribution in [0, 0.1) is 0 Å². The molecule has 0 aromatic heterocycles. The second kappa shape index (κ2) is 6.56. The maximum absolute atomic E-state index is 10.7. The minimum atomic E-state index is -0.597. The average Bonchev–Trinajstić information content (AvgIpc) is 2.23. The molecule has 0 radical (unpaired) electrons. The third kappa shape index (κ3) is 4.99. The monoisotopic (exact) mass is 202 g/mol. The molecular formula is C10H18O4. The lowest BCUT2D eigenvalue weighted by atomic mass is 10.2. The Hall–Kier alpha value is -0.870. The third-order valence-electron chi connectivity index (χ3n) is 2.05. The molecule has 0 unspecified atom stereocenters. The van der Waals surface area contributed by atoms with Crippen LogP contribution >= 0.6 is 0 Å². The molecular weight excluding hydrogens is 184 g/mol. The summed E-state index contributed by atoms with van der Waals surface area (Å²) in [5.41, 5.74) is 0. The Bertz CT molecular complexity index is 185. The molecule has 0 heterocycles. The van der Waals surface area contributed by atoms with Gasteiger partial charge >= 0.3 is 5.97 Å². The molecule has 0 atom stereocenters. The fourth-order valence-corrected chi connectivity index (χ4v) is 0.912. The van der Waals surface area contributed by atoms with Gasteiger partial charge in [-0.2, -0.15) is 0 Å². The summed E-state index contributed by atoms with van der Waals surface area (Å²) in [5.74, 6) is -0.998. The van der Waals surface area contributed by atoms with Gasteiger partial charge < -0.3 is 14.2 Å². The molecule has 0 aliphatic rings. The topological polar surface area (TPSA) is 44.8 Å². The van der Waals surface area contributed by atoms with E-state index in [1.165, 1.54) is 0 Å². The predicted molar refractivity (Wildman–Crippen MR) is 52.8 cm³/mol. The third-order valence-corrected chi connectivity index (χ3v) is 2.05. The largest absolute Gasteiger partial charge is 0.463 e. The van der Waals surface area contributed by atoms with Crippen LogP contribution in [0.25, 0.3) is 0 Å². The zero-order valence-electron chi connectivity index (χ0n) is 9.04. The molecule has 0 aromatic rings. The van der Waals surface area contributed by atoms with E-state index in [4.69, 9.17) is 14.2 Å². The van der Waals surface area contributed by atoms with Crippen LogP contribution in [0.15, 0.2) is 12.7 Å². The Morgan fingerprint density at radius 1 is 1.43 bits per heavy atom. The molecule has 0 saturated heterocycles. The van der Waals surface area contributed by atoms with Crippen molar-refractivity contribution in [3.05, 3.63) is 12.7 Å². The van der Waals surface area contributed by atoms with E-state index >= 15 is 0 Å². The number of methoxy groups -OCH3 is 2. The molecule has 0 spiro atoms. The van der Waals surface area contributed by atoms with E-state index in [0.29, 0.717) is 19.4 Å². The van der Waals surface area contributed by atoms with E-state index in [-0.39, 0.29) is 0 Å². The standard InChI is InChI=1S/C10H18O4/c1-5-9(11)14-8-6-7-10(2,12-3)13-4/h5H,1,6-8H2,2-4H3. The van der Waals surface area contributed by atoms with Crippen molar-refractivity contribution in [3.8, 4) is 0 Å². The molecule has 0 aliphatic heterocycles. The second-order valence-corrected chi connectivity index (χ2v) is 3.02. The summed E-state index contributed by atoms with van der Waals surface area (Å²) in [7, 11) is 3.17. The fraction of sp³-hybridized carbons (Fsp3) is 0.700. The number of carbonyl (C=O) groups is 1. The van der Waals surface area contributed by atoms with Gasteiger partial charge in [0.15, 0.2) is 5.79 Å². The van der Waals surface area contributed by atoms with E-state index in [0.717, 1.165) is 6.08 Å². The van der Waals surface area contributed by atoms with E-state index in [2.05, 4.69) is 6.58 Å². The van der Waals surface area contributed by atoms with Gasteiger partial charge in [0.05, 0.1) is 6.61 Å². The lowest BCUT2D eigenvalue weighted by Crippen LogP contribution is -2.29. The number of carbonyl (C=O) groups excluding carboxylic acids is 1. The number of esters is 1. The summed E-state index contributed by atoms with van der Waals surface area (Å²) in [4.78, 5) is 10.7. The van der Waals surface area contributed by atoms with Crippen molar-refractivity contribution in [1.29, 1.82) is 0 Å². The van der Waals surface area contributed by atoms with Crippen LogP contribution in [0.3, 0.4) is 0 Å². The van der Waals surface area contributed by atoms with Crippen LogP contribution < -0.4 is 0 Å². The van der Waals surface area contributed by atoms with Crippen molar-refractivity contribution in [2.45, 2.75) is 25.6 Å². The molecule has 0 amide bonds. The van der Waals surface area contributed by atoms with Crippen molar-refractivity contribution in [2.24, 2.45) is 0 Å². The summed E-state index contributed by atoms with van der Waals surface area (Å²) in [6, 6.07) is 0. The van der Waals surface area contributed by atoms with Crippen molar-refractivity contribution < 1.29 is 19.0 Å².